The minimum absolute atomic E-state index is 0.00894. The van der Waals surface area contributed by atoms with E-state index in [1.807, 2.05) is 0 Å². The van der Waals surface area contributed by atoms with Gasteiger partial charge in [-0.3, -0.25) is 47.9 Å². The molecule has 0 aliphatic carbocycles. The lowest BCUT2D eigenvalue weighted by molar-refractivity contribution is -0.132. The van der Waals surface area contributed by atoms with Gasteiger partial charge in [0, 0.05) is 117 Å². The third-order valence-corrected chi connectivity index (χ3v) is 13.9. The van der Waals surface area contributed by atoms with Gasteiger partial charge >= 0.3 is 0 Å². The Morgan fingerprint density at radius 3 is 0.728 bits per heavy atom. The predicted molar refractivity (Wildman–Crippen MR) is 309 cm³/mol. The molecular weight excluding hydrogens is 1040 g/mol. The van der Waals surface area contributed by atoms with E-state index < -0.39 is 53.2 Å². The van der Waals surface area contributed by atoms with Crippen LogP contribution in [0.25, 0.3) is 0 Å². The van der Waals surface area contributed by atoms with Crippen molar-refractivity contribution in [2.75, 3.05) is 82.4 Å². The lowest BCUT2D eigenvalue weighted by atomic mass is 10.1. The number of amides is 10. The molecule has 3 aromatic carbocycles. The second-order valence-electron chi connectivity index (χ2n) is 20.1. The molecule has 0 aromatic heterocycles. The summed E-state index contributed by atoms with van der Waals surface area (Å²) in [6.07, 6.45) is 11.9. The molecule has 26 heteroatoms. The van der Waals surface area contributed by atoms with E-state index in [2.05, 4.69) is 6.92 Å². The summed E-state index contributed by atoms with van der Waals surface area (Å²) in [5.41, 5.74) is -0.155. The van der Waals surface area contributed by atoms with Gasteiger partial charge in [0.2, 0.25) is 41.4 Å². The molecule has 0 bridgehead atoms. The molecule has 3 aromatic rings. The number of carbonyl (C=O) groups excluding carboxylic acids is 10. The van der Waals surface area contributed by atoms with E-state index in [1.54, 1.807) is 4.90 Å². The topological polar surface area (TPSA) is 359 Å². The quantitative estimate of drug-likeness (QED) is 0.0386. The minimum Gasteiger partial charge on any atom is -0.339 e. The molecule has 1 saturated heterocycles. The van der Waals surface area contributed by atoms with Crippen molar-refractivity contribution < 1.29 is 47.9 Å². The summed E-state index contributed by atoms with van der Waals surface area (Å²) in [5, 5.41) is 4.63. The van der Waals surface area contributed by atoms with Crippen molar-refractivity contribution in [3.05, 3.63) is 71.3 Å². The van der Waals surface area contributed by atoms with E-state index >= 15 is 14.4 Å². The molecule has 1 fully saturated rings. The molecule has 0 spiro atoms. The Morgan fingerprint density at radius 1 is 0.321 bits per heavy atom. The first kappa shape index (κ1) is 65.6. The van der Waals surface area contributed by atoms with E-state index in [9.17, 15) is 33.6 Å². The van der Waals surface area contributed by atoms with Crippen LogP contribution in [0.15, 0.2) is 54.6 Å². The molecule has 1 aliphatic heterocycles. The van der Waals surface area contributed by atoms with Crippen LogP contribution >= 0.6 is 0 Å². The Balaban J connectivity index is 1.87. The molecule has 0 radical (unpaired) electrons. The molecule has 12 N–H and O–H groups in total. The molecule has 1 aliphatic rings. The summed E-state index contributed by atoms with van der Waals surface area (Å²) in [6.45, 7) is 7.98. The van der Waals surface area contributed by atoms with Gasteiger partial charge in [0.05, 0.1) is 34.1 Å². The van der Waals surface area contributed by atoms with Crippen molar-refractivity contribution in [2.24, 2.45) is 35.1 Å². The Hall–Kier alpha value is -7.88. The van der Waals surface area contributed by atoms with E-state index in [1.165, 1.54) is 143 Å². The second kappa shape index (κ2) is 31.2. The fourth-order valence-electron chi connectivity index (χ4n) is 9.00. The van der Waals surface area contributed by atoms with Crippen LogP contribution < -0.4 is 65.1 Å². The number of nitrogens with two attached hydrogens (primary N) is 6. The number of hydrogen-bond acceptors (Lipinski definition) is 16. The summed E-state index contributed by atoms with van der Waals surface area (Å²) in [5.74, 6) is 30.8. The van der Waals surface area contributed by atoms with Gasteiger partial charge in [0.1, 0.15) is 0 Å². The monoisotopic (exact) mass is 1130 g/mol. The van der Waals surface area contributed by atoms with Crippen LogP contribution in [0.1, 0.15) is 157 Å². The zero-order valence-electron chi connectivity index (χ0n) is 47.9. The van der Waals surface area contributed by atoms with Gasteiger partial charge in [-0.25, -0.2) is 65.1 Å². The molecule has 442 valence electrons. The van der Waals surface area contributed by atoms with Crippen molar-refractivity contribution in [1.82, 2.24) is 19.6 Å². The maximum atomic E-state index is 15.1. The van der Waals surface area contributed by atoms with Crippen molar-refractivity contribution >= 4 is 93.2 Å². The molecule has 81 heavy (non-hydrogen) atoms. The van der Waals surface area contributed by atoms with Gasteiger partial charge in [-0.2, -0.15) is 0 Å². The summed E-state index contributed by atoms with van der Waals surface area (Å²) < 4.78 is 0. The lowest BCUT2D eigenvalue weighted by Gasteiger charge is -2.35. The smallest absolute Gasteiger partial charge is 0.254 e. The van der Waals surface area contributed by atoms with Crippen molar-refractivity contribution in [2.45, 2.75) is 126 Å². The average Bonchev–Trinajstić information content (AvgIpc) is 3.45. The third kappa shape index (κ3) is 18.9. The highest BCUT2D eigenvalue weighted by Gasteiger charge is 2.30. The number of anilines is 6. The Labute approximate surface area is 473 Å². The van der Waals surface area contributed by atoms with Gasteiger partial charge in [-0.15, -0.1) is 0 Å². The van der Waals surface area contributed by atoms with Crippen molar-refractivity contribution in [3.8, 4) is 0 Å². The van der Waals surface area contributed by atoms with Crippen LogP contribution in [-0.4, -0.2) is 131 Å². The number of hydrazine groups is 6. The van der Waals surface area contributed by atoms with Crippen LogP contribution in [0.5, 0.6) is 0 Å². The summed E-state index contributed by atoms with van der Waals surface area (Å²) >= 11 is 0. The van der Waals surface area contributed by atoms with Gasteiger partial charge in [-0.05, 0) is 61.0 Å². The molecule has 0 saturated carbocycles. The summed E-state index contributed by atoms with van der Waals surface area (Å²) in [4.78, 5) is 140. The van der Waals surface area contributed by atoms with Gasteiger partial charge in [0.25, 0.3) is 17.7 Å². The van der Waals surface area contributed by atoms with Crippen LogP contribution in [0.2, 0.25) is 0 Å². The molecule has 0 unspecified atom stereocenters. The molecule has 4 rings (SSSR count). The largest absolute Gasteiger partial charge is 0.339 e. The summed E-state index contributed by atoms with van der Waals surface area (Å²) in [6, 6.07) is 12.0. The minimum atomic E-state index is -0.720. The summed E-state index contributed by atoms with van der Waals surface area (Å²) in [7, 11) is 0. The van der Waals surface area contributed by atoms with Crippen LogP contribution in [0.4, 0.5) is 34.1 Å². The Morgan fingerprint density at radius 2 is 0.519 bits per heavy atom. The van der Waals surface area contributed by atoms with Crippen LogP contribution in [-0.2, 0) is 33.6 Å². The van der Waals surface area contributed by atoms with E-state index in [-0.39, 0.29) is 116 Å². The predicted octanol–water partition coefficient (Wildman–Crippen LogP) is 3.32. The highest BCUT2D eigenvalue weighted by Crippen LogP contribution is 2.28. The first-order valence-corrected chi connectivity index (χ1v) is 27.2. The number of benzene rings is 3. The van der Waals surface area contributed by atoms with E-state index in [0.717, 1.165) is 62.2 Å². The average molecular weight is 1130 g/mol. The number of nitrogens with zero attached hydrogens (tertiary/aromatic N) is 10. The number of rotatable bonds is 21. The van der Waals surface area contributed by atoms with Crippen LogP contribution in [0.3, 0.4) is 0 Å². The molecule has 1 heterocycles. The number of carbonyl (C=O) groups is 10. The number of unbranched alkanes of at least 4 members (excludes halogenated alkanes) is 10. The van der Waals surface area contributed by atoms with Crippen molar-refractivity contribution in [1.29, 1.82) is 0 Å². The second-order valence-corrected chi connectivity index (χ2v) is 20.1. The Bertz CT molecular complexity index is 2550. The maximum Gasteiger partial charge on any atom is 0.254 e. The van der Waals surface area contributed by atoms with Crippen LogP contribution in [0, 0.1) is 0 Å². The zero-order valence-corrected chi connectivity index (χ0v) is 47.9. The fourth-order valence-corrected chi connectivity index (χ4v) is 9.00. The molecule has 26 nitrogen and oxygen atoms in total. The van der Waals surface area contributed by atoms with E-state index in [4.69, 9.17) is 35.1 Å². The normalized spacial score (nSPS) is 13.1. The SMILES string of the molecule is CCCCCCCCCCCCCC(=O)N1CCN(C(=O)c2cc(N(N)C(C)=O)cc(N(N)C(C)=O)c2)CCN(C(=O)c2cc(N(N)C(C)=O)cc(N(N)C(C)=O)c2)CCN(C(=O)c2cc(N(N)C(C)=O)cc(N(N)C(C)=O)c2)CC1. The molecule has 0 atom stereocenters. The number of hydrogen-bond donors (Lipinski definition) is 6. The molecular formula is C55H82N16O10. The maximum absolute atomic E-state index is 15.1. The van der Waals surface area contributed by atoms with E-state index in [0.29, 0.717) is 6.42 Å². The highest BCUT2D eigenvalue weighted by molar-refractivity contribution is 6.03. The Kier molecular flexibility index (Phi) is 25.3. The highest BCUT2D eigenvalue weighted by atomic mass is 16.2. The standard InChI is InChI=1S/C55H82N16O10/c1-8-9-10-11-12-13-14-15-16-17-18-19-52(78)62-20-22-63(53(79)43-28-46(66(56)37(2)72)34-47(29-43)67(57)38(3)73)24-26-65(55(81)45-32-50(70(60)41(6)76)36-51(33-45)71(61)42(7)77)27-25-64(23-21-62)54(80)44-30-48(68(58)39(4)74)35-49(31-44)69(59)40(5)75/h28-36H,8-27,56-61H2,1-7H3. The third-order valence-electron chi connectivity index (χ3n) is 13.9. The van der Waals surface area contributed by atoms with Gasteiger partial charge < -0.3 is 19.6 Å². The molecule has 10 amide bonds. The first-order valence-electron chi connectivity index (χ1n) is 27.2. The van der Waals surface area contributed by atoms with Gasteiger partial charge in [0.15, 0.2) is 0 Å². The fraction of sp³-hybridized carbons (Fsp3) is 0.491. The van der Waals surface area contributed by atoms with Gasteiger partial charge in [-0.1, -0.05) is 71.1 Å². The van der Waals surface area contributed by atoms with Crippen molar-refractivity contribution in [3.63, 3.8) is 0 Å². The first-order chi connectivity index (χ1) is 38.3. The lowest BCUT2D eigenvalue weighted by Crippen LogP contribution is -2.50. The zero-order chi connectivity index (χ0) is 60.2.